The summed E-state index contributed by atoms with van der Waals surface area (Å²) in [6.07, 6.45) is 0. The number of halogens is 3. The average molecular weight is 287 g/mol. The number of aliphatic hydroxyl groups is 1. The number of hydrogen-bond donors (Lipinski definition) is 1. The summed E-state index contributed by atoms with van der Waals surface area (Å²) >= 11 is 0. The van der Waals surface area contributed by atoms with Crippen LogP contribution >= 0.6 is 0 Å². The van der Waals surface area contributed by atoms with Crippen molar-refractivity contribution in [1.29, 1.82) is 0 Å². The van der Waals surface area contributed by atoms with Gasteiger partial charge in [-0.15, -0.1) is 0 Å². The highest BCUT2D eigenvalue weighted by Gasteiger charge is 2.64. The second-order valence-electron chi connectivity index (χ2n) is 6.13. The minimum atomic E-state index is -1.78. The fourth-order valence-electron chi connectivity index (χ4n) is 2.65. The Balaban J connectivity index is 2.54. The number of likely N-dealkylation sites (N-methyl/N-ethyl adjacent to an activating group) is 1. The molecule has 2 atom stereocenters. The van der Waals surface area contributed by atoms with Gasteiger partial charge in [0.1, 0.15) is 0 Å². The van der Waals surface area contributed by atoms with Crippen molar-refractivity contribution in [1.82, 2.24) is 4.90 Å². The molecule has 2 unspecified atom stereocenters. The zero-order chi connectivity index (χ0) is 15.5. The smallest absolute Gasteiger partial charge is 0.257 e. The lowest BCUT2D eigenvalue weighted by Crippen LogP contribution is -2.72. The predicted molar refractivity (Wildman–Crippen MR) is 66.2 cm³/mol. The van der Waals surface area contributed by atoms with Gasteiger partial charge < -0.3 is 10.0 Å². The van der Waals surface area contributed by atoms with Gasteiger partial charge in [-0.3, -0.25) is 4.79 Å². The van der Waals surface area contributed by atoms with E-state index < -0.39 is 40.4 Å². The Morgan fingerprint density at radius 2 is 1.65 bits per heavy atom. The number of benzene rings is 1. The van der Waals surface area contributed by atoms with Crippen LogP contribution in [0.4, 0.5) is 13.2 Å². The highest BCUT2D eigenvalue weighted by molar-refractivity contribution is 5.93. The van der Waals surface area contributed by atoms with Crippen LogP contribution in [0.3, 0.4) is 0 Å². The van der Waals surface area contributed by atoms with Gasteiger partial charge in [0.2, 0.25) is 0 Å². The molecule has 1 heterocycles. The summed E-state index contributed by atoms with van der Waals surface area (Å²) in [5.41, 5.74) is -2.58. The van der Waals surface area contributed by atoms with Crippen LogP contribution in [0.2, 0.25) is 0 Å². The van der Waals surface area contributed by atoms with Gasteiger partial charge in [-0.1, -0.05) is 20.8 Å². The number of β-lactam (4-membered cyclic amide) rings is 1. The van der Waals surface area contributed by atoms with Crippen molar-refractivity contribution >= 4 is 5.91 Å². The second kappa shape index (κ2) is 4.22. The van der Waals surface area contributed by atoms with Crippen LogP contribution in [0, 0.1) is 22.9 Å². The summed E-state index contributed by atoms with van der Waals surface area (Å²) in [7, 11) is 1.42. The molecule has 0 aliphatic carbocycles. The highest BCUT2D eigenvalue weighted by Crippen LogP contribution is 2.51. The SMILES string of the molecule is CN1C(=O)C(O)(C(C)(C)C)C1c1cc(F)c(F)c(F)c1. The van der Waals surface area contributed by atoms with Crippen LogP contribution in [-0.4, -0.2) is 28.6 Å². The Bertz CT molecular complexity index is 559. The lowest BCUT2D eigenvalue weighted by molar-refractivity contribution is -0.212. The van der Waals surface area contributed by atoms with E-state index in [4.69, 9.17) is 0 Å². The first-order valence-corrected chi connectivity index (χ1v) is 6.16. The quantitative estimate of drug-likeness (QED) is 0.636. The first kappa shape index (κ1) is 14.8. The zero-order valence-corrected chi connectivity index (χ0v) is 11.7. The summed E-state index contributed by atoms with van der Waals surface area (Å²) in [6, 6.07) is 0.699. The van der Waals surface area contributed by atoms with E-state index in [0.29, 0.717) is 0 Å². The summed E-state index contributed by atoms with van der Waals surface area (Å²) in [4.78, 5) is 13.2. The summed E-state index contributed by atoms with van der Waals surface area (Å²) in [6.45, 7) is 4.96. The Morgan fingerprint density at radius 3 is 2.05 bits per heavy atom. The van der Waals surface area contributed by atoms with Gasteiger partial charge in [0.25, 0.3) is 5.91 Å². The van der Waals surface area contributed by atoms with Crippen molar-refractivity contribution in [3.63, 3.8) is 0 Å². The normalized spacial score (nSPS) is 26.7. The van der Waals surface area contributed by atoms with Crippen molar-refractivity contribution < 1.29 is 23.1 Å². The number of likely N-dealkylation sites (tertiary alicyclic amines) is 1. The summed E-state index contributed by atoms with van der Waals surface area (Å²) in [5.74, 6) is -4.78. The highest BCUT2D eigenvalue weighted by atomic mass is 19.2. The molecule has 1 N–H and O–H groups in total. The third-order valence-corrected chi connectivity index (χ3v) is 3.89. The lowest BCUT2D eigenvalue weighted by Gasteiger charge is -2.57. The molecule has 1 aromatic rings. The predicted octanol–water partition coefficient (Wildman–Crippen LogP) is 2.39. The maximum absolute atomic E-state index is 13.3. The molecule has 110 valence electrons. The molecule has 0 radical (unpaired) electrons. The molecule has 2 rings (SSSR count). The van der Waals surface area contributed by atoms with E-state index in [0.717, 1.165) is 12.1 Å². The molecule has 6 heteroatoms. The minimum Gasteiger partial charge on any atom is -0.377 e. The Morgan fingerprint density at radius 1 is 1.20 bits per heavy atom. The molecule has 3 nitrogen and oxygen atoms in total. The molecule has 0 bridgehead atoms. The van der Waals surface area contributed by atoms with Crippen molar-refractivity contribution in [3.8, 4) is 0 Å². The molecule has 1 aromatic carbocycles. The van der Waals surface area contributed by atoms with Crippen LogP contribution < -0.4 is 0 Å². The van der Waals surface area contributed by atoms with Gasteiger partial charge in [-0.25, -0.2) is 13.2 Å². The van der Waals surface area contributed by atoms with Crippen LogP contribution in [-0.2, 0) is 4.79 Å². The number of nitrogens with zero attached hydrogens (tertiary/aromatic N) is 1. The van der Waals surface area contributed by atoms with Gasteiger partial charge in [0.05, 0.1) is 6.04 Å². The van der Waals surface area contributed by atoms with E-state index in [-0.39, 0.29) is 5.56 Å². The molecular weight excluding hydrogens is 271 g/mol. The Hall–Kier alpha value is -1.56. The minimum absolute atomic E-state index is 0.0286. The van der Waals surface area contributed by atoms with E-state index >= 15 is 0 Å². The van der Waals surface area contributed by atoms with E-state index in [9.17, 15) is 23.1 Å². The monoisotopic (exact) mass is 287 g/mol. The van der Waals surface area contributed by atoms with Crippen LogP contribution in [0.5, 0.6) is 0 Å². The van der Waals surface area contributed by atoms with Crippen LogP contribution in [0.1, 0.15) is 32.4 Å². The topological polar surface area (TPSA) is 40.5 Å². The fraction of sp³-hybridized carbons (Fsp3) is 0.500. The first-order chi connectivity index (χ1) is 9.01. The third kappa shape index (κ3) is 1.74. The molecule has 0 saturated carbocycles. The zero-order valence-electron chi connectivity index (χ0n) is 11.7. The standard InChI is InChI=1S/C14H16F3NO2/c1-13(2,3)14(20)11(18(4)12(14)19)7-5-8(15)10(17)9(16)6-7/h5-6,11,20H,1-4H3. The maximum atomic E-state index is 13.3. The maximum Gasteiger partial charge on any atom is 0.257 e. The number of carbonyl (C=O) groups is 1. The molecule has 1 saturated heterocycles. The molecule has 0 aromatic heterocycles. The van der Waals surface area contributed by atoms with Gasteiger partial charge in [0, 0.05) is 12.5 Å². The van der Waals surface area contributed by atoms with Crippen molar-refractivity contribution in [2.24, 2.45) is 5.41 Å². The van der Waals surface area contributed by atoms with Crippen LogP contribution in [0.15, 0.2) is 12.1 Å². The van der Waals surface area contributed by atoms with Gasteiger partial charge in [-0.2, -0.15) is 0 Å². The molecule has 20 heavy (non-hydrogen) atoms. The number of amides is 1. The fourth-order valence-corrected chi connectivity index (χ4v) is 2.65. The lowest BCUT2D eigenvalue weighted by atomic mass is 9.63. The van der Waals surface area contributed by atoms with E-state index in [1.807, 2.05) is 0 Å². The van der Waals surface area contributed by atoms with Crippen LogP contribution in [0.25, 0.3) is 0 Å². The first-order valence-electron chi connectivity index (χ1n) is 6.16. The molecule has 0 spiro atoms. The average Bonchev–Trinajstić information content (AvgIpc) is 2.33. The molecule has 1 fully saturated rings. The van der Waals surface area contributed by atoms with Gasteiger partial charge in [0.15, 0.2) is 23.1 Å². The molecule has 1 amide bonds. The van der Waals surface area contributed by atoms with Crippen molar-refractivity contribution in [2.45, 2.75) is 32.4 Å². The van der Waals surface area contributed by atoms with Crippen molar-refractivity contribution in [2.75, 3.05) is 7.05 Å². The number of hydrogen-bond acceptors (Lipinski definition) is 2. The summed E-state index contributed by atoms with van der Waals surface area (Å²) < 4.78 is 39.7. The van der Waals surface area contributed by atoms with E-state index in [1.54, 1.807) is 20.8 Å². The van der Waals surface area contributed by atoms with Gasteiger partial charge in [-0.05, 0) is 17.7 Å². The van der Waals surface area contributed by atoms with E-state index in [2.05, 4.69) is 0 Å². The second-order valence-corrected chi connectivity index (χ2v) is 6.13. The Kier molecular flexibility index (Phi) is 3.13. The number of carbonyl (C=O) groups excluding carboxylic acids is 1. The largest absolute Gasteiger partial charge is 0.377 e. The molecule has 1 aliphatic rings. The van der Waals surface area contributed by atoms with Gasteiger partial charge >= 0.3 is 0 Å². The number of rotatable bonds is 1. The van der Waals surface area contributed by atoms with Crippen molar-refractivity contribution in [3.05, 3.63) is 35.1 Å². The third-order valence-electron chi connectivity index (χ3n) is 3.89. The molecule has 1 aliphatic heterocycles. The van der Waals surface area contributed by atoms with E-state index in [1.165, 1.54) is 11.9 Å². The Labute approximate surface area is 115 Å². The summed E-state index contributed by atoms with van der Waals surface area (Å²) in [5, 5.41) is 10.6. The molecular formula is C14H16F3NO2.